The monoisotopic (exact) mass is 690 g/mol. The van der Waals surface area contributed by atoms with Crippen LogP contribution in [0.2, 0.25) is 0 Å². The van der Waals surface area contributed by atoms with Crippen LogP contribution < -0.4 is 0 Å². The van der Waals surface area contributed by atoms with E-state index in [1.165, 1.54) is 63.1 Å². The zero-order valence-electron chi connectivity index (χ0n) is 31.1. The van der Waals surface area contributed by atoms with Crippen molar-refractivity contribution in [2.75, 3.05) is 19.0 Å². The fourth-order valence-electron chi connectivity index (χ4n) is 11.2. The molecule has 6 nitrogen and oxygen atoms in total. The molecule has 7 heteroatoms. The first-order valence-electron chi connectivity index (χ1n) is 19.9. The van der Waals surface area contributed by atoms with E-state index < -0.39 is 29.9 Å². The maximum absolute atomic E-state index is 10.2. The fourth-order valence-corrected chi connectivity index (χ4v) is 12.4. The number of rotatable bonds is 15. The van der Waals surface area contributed by atoms with Crippen LogP contribution in [-0.2, 0) is 9.47 Å². The number of fused-ring (bicyclic) bond motifs is 5. The molecule has 0 spiro atoms. The van der Waals surface area contributed by atoms with E-state index in [1.54, 1.807) is 5.57 Å². The second-order valence-electron chi connectivity index (χ2n) is 17.3. The van der Waals surface area contributed by atoms with Gasteiger partial charge in [-0.05, 0) is 129 Å². The molecule has 276 valence electrons. The van der Waals surface area contributed by atoms with Crippen molar-refractivity contribution in [2.45, 2.75) is 161 Å². The van der Waals surface area contributed by atoms with Gasteiger partial charge in [-0.1, -0.05) is 78.2 Å². The predicted octanol–water partition coefficient (Wildman–Crippen LogP) is 7.92. The minimum atomic E-state index is -1.29. The maximum atomic E-state index is 10.2. The molecule has 0 radical (unpaired) electrons. The lowest BCUT2D eigenvalue weighted by molar-refractivity contribution is -0.205. The number of unbranched alkanes of at least 4 members (excludes halogenated alkanes) is 3. The SMILES string of the molecule is CCC(/C=C\C(C)C1CCC2C3CC=C4CC(OCCCCCCSC5OC(CO)C(O)C(O)C5O)CCC4(C)C3CCC12C)C(C)C. The second kappa shape index (κ2) is 16.9. The van der Waals surface area contributed by atoms with Crippen LogP contribution in [0, 0.1) is 52.3 Å². The van der Waals surface area contributed by atoms with Gasteiger partial charge in [-0.2, -0.15) is 0 Å². The Hall–Kier alpha value is -0.410. The van der Waals surface area contributed by atoms with Crippen molar-refractivity contribution < 1.29 is 29.9 Å². The lowest BCUT2D eigenvalue weighted by Gasteiger charge is -2.58. The van der Waals surface area contributed by atoms with Crippen molar-refractivity contribution in [3.05, 3.63) is 23.8 Å². The van der Waals surface area contributed by atoms with Crippen molar-refractivity contribution in [3.8, 4) is 0 Å². The molecule has 4 aliphatic carbocycles. The second-order valence-corrected chi connectivity index (χ2v) is 18.5. The highest BCUT2D eigenvalue weighted by Crippen LogP contribution is 2.67. The molecule has 48 heavy (non-hydrogen) atoms. The number of hydrogen-bond acceptors (Lipinski definition) is 7. The van der Waals surface area contributed by atoms with Gasteiger partial charge in [-0.15, -0.1) is 11.8 Å². The normalized spacial score (nSPS) is 42.7. The molecule has 4 N–H and O–H groups in total. The Morgan fingerprint density at radius 3 is 2.44 bits per heavy atom. The van der Waals surface area contributed by atoms with Crippen LogP contribution in [0.15, 0.2) is 23.8 Å². The average molecular weight is 691 g/mol. The van der Waals surface area contributed by atoms with E-state index in [4.69, 9.17) is 9.47 Å². The molecule has 0 aromatic heterocycles. The van der Waals surface area contributed by atoms with Gasteiger partial charge in [-0.3, -0.25) is 0 Å². The van der Waals surface area contributed by atoms with Gasteiger partial charge >= 0.3 is 0 Å². The third-order valence-electron chi connectivity index (χ3n) is 14.3. The van der Waals surface area contributed by atoms with Crippen molar-refractivity contribution in [1.82, 2.24) is 0 Å². The summed E-state index contributed by atoms with van der Waals surface area (Å²) in [7, 11) is 0. The lowest BCUT2D eigenvalue weighted by atomic mass is 9.47. The van der Waals surface area contributed by atoms with Crippen LogP contribution in [0.5, 0.6) is 0 Å². The van der Waals surface area contributed by atoms with Gasteiger partial charge in [0.25, 0.3) is 0 Å². The number of thioether (sulfide) groups is 1. The summed E-state index contributed by atoms with van der Waals surface area (Å²) in [4.78, 5) is 0. The van der Waals surface area contributed by atoms with Gasteiger partial charge < -0.3 is 29.9 Å². The first-order chi connectivity index (χ1) is 22.9. The van der Waals surface area contributed by atoms with Gasteiger partial charge in [0, 0.05) is 6.61 Å². The topological polar surface area (TPSA) is 99.4 Å². The van der Waals surface area contributed by atoms with Crippen LogP contribution in [-0.4, -0.2) is 75.3 Å². The lowest BCUT2D eigenvalue weighted by Crippen LogP contribution is -2.57. The molecule has 0 aromatic carbocycles. The molecule has 4 fully saturated rings. The quantitative estimate of drug-likeness (QED) is 0.102. The maximum Gasteiger partial charge on any atom is 0.132 e. The zero-order valence-corrected chi connectivity index (χ0v) is 31.9. The summed E-state index contributed by atoms with van der Waals surface area (Å²) < 4.78 is 12.1. The molecule has 0 bridgehead atoms. The molecule has 3 saturated carbocycles. The summed E-state index contributed by atoms with van der Waals surface area (Å²) in [5.41, 5.74) is 1.93. The molecule has 0 aromatic rings. The van der Waals surface area contributed by atoms with E-state index in [2.05, 4.69) is 59.8 Å². The predicted molar refractivity (Wildman–Crippen MR) is 197 cm³/mol. The van der Waals surface area contributed by atoms with E-state index in [0.29, 0.717) is 28.8 Å². The van der Waals surface area contributed by atoms with Crippen molar-refractivity contribution in [1.29, 1.82) is 0 Å². The minimum Gasteiger partial charge on any atom is -0.394 e. The molecular formula is C41H70O6S. The highest BCUT2D eigenvalue weighted by molar-refractivity contribution is 7.99. The van der Waals surface area contributed by atoms with Crippen LogP contribution in [0.3, 0.4) is 0 Å². The number of aliphatic hydroxyl groups excluding tert-OH is 4. The summed E-state index contributed by atoms with van der Waals surface area (Å²) in [5.74, 6) is 6.31. The zero-order chi connectivity index (χ0) is 34.6. The molecule has 14 atom stereocenters. The van der Waals surface area contributed by atoms with Crippen molar-refractivity contribution in [3.63, 3.8) is 0 Å². The van der Waals surface area contributed by atoms with Gasteiger partial charge in [0.05, 0.1) is 12.7 Å². The Morgan fingerprint density at radius 2 is 1.71 bits per heavy atom. The number of aliphatic hydroxyl groups is 4. The Morgan fingerprint density at radius 1 is 0.938 bits per heavy atom. The summed E-state index contributed by atoms with van der Waals surface area (Å²) in [6.45, 7) is 15.3. The number of allylic oxidation sites excluding steroid dienone is 3. The van der Waals surface area contributed by atoms with E-state index in [0.717, 1.165) is 74.1 Å². The molecule has 1 aliphatic heterocycles. The first kappa shape index (κ1) is 38.8. The Bertz CT molecular complexity index is 1080. The molecule has 5 rings (SSSR count). The van der Waals surface area contributed by atoms with E-state index in [1.807, 2.05) is 0 Å². The van der Waals surface area contributed by atoms with Crippen LogP contribution in [0.1, 0.15) is 125 Å². The summed E-state index contributed by atoms with van der Waals surface area (Å²) in [5, 5.41) is 39.6. The molecule has 5 aliphatic rings. The van der Waals surface area contributed by atoms with Crippen LogP contribution in [0.25, 0.3) is 0 Å². The Balaban J connectivity index is 1.04. The third-order valence-corrected chi connectivity index (χ3v) is 15.5. The smallest absolute Gasteiger partial charge is 0.132 e. The molecule has 1 saturated heterocycles. The summed E-state index contributed by atoms with van der Waals surface area (Å²) >= 11 is 1.45. The van der Waals surface area contributed by atoms with Crippen molar-refractivity contribution in [2.24, 2.45) is 52.3 Å². The third kappa shape index (κ3) is 8.13. The summed E-state index contributed by atoms with van der Waals surface area (Å²) in [6.07, 6.45) is 19.7. The van der Waals surface area contributed by atoms with Gasteiger partial charge in [0.1, 0.15) is 29.9 Å². The largest absolute Gasteiger partial charge is 0.394 e. The fraction of sp³-hybridized carbons (Fsp3) is 0.902. The first-order valence-corrected chi connectivity index (χ1v) is 20.9. The Labute approximate surface area is 296 Å². The average Bonchev–Trinajstić information content (AvgIpc) is 3.43. The van der Waals surface area contributed by atoms with Crippen LogP contribution >= 0.6 is 11.8 Å². The highest BCUT2D eigenvalue weighted by Gasteiger charge is 2.59. The summed E-state index contributed by atoms with van der Waals surface area (Å²) in [6, 6.07) is 0. The number of ether oxygens (including phenoxy) is 2. The molecule has 14 unspecified atom stereocenters. The van der Waals surface area contributed by atoms with Crippen molar-refractivity contribution >= 4 is 11.8 Å². The van der Waals surface area contributed by atoms with Gasteiger partial charge in [0.15, 0.2) is 0 Å². The molecular weight excluding hydrogens is 621 g/mol. The molecule has 1 heterocycles. The van der Waals surface area contributed by atoms with Crippen LogP contribution in [0.4, 0.5) is 0 Å². The Kier molecular flexibility index (Phi) is 13.7. The number of hydrogen-bond donors (Lipinski definition) is 4. The minimum absolute atomic E-state index is 0.359. The molecule has 0 amide bonds. The standard InChI is InChI=1S/C41H70O6S/c1-7-28(26(2)3)13-12-27(4)32-16-17-33-31-15-14-29-24-30(18-20-40(29,5)34(31)19-21-41(32,33)6)46-22-10-8-9-11-23-48-39-38(45)37(44)36(43)35(25-42)47-39/h12-14,26-28,30-39,42-45H,7-11,15-25H2,1-6H3/b13-12-. The highest BCUT2D eigenvalue weighted by atomic mass is 32.2. The van der Waals surface area contributed by atoms with E-state index in [9.17, 15) is 20.4 Å². The van der Waals surface area contributed by atoms with Gasteiger partial charge in [0.2, 0.25) is 0 Å². The van der Waals surface area contributed by atoms with Gasteiger partial charge in [-0.25, -0.2) is 0 Å². The van der Waals surface area contributed by atoms with E-state index in [-0.39, 0.29) is 6.61 Å². The van der Waals surface area contributed by atoms with E-state index >= 15 is 0 Å².